The van der Waals surface area contributed by atoms with Crippen molar-refractivity contribution in [1.82, 2.24) is 4.90 Å². The Hall–Kier alpha value is -1.00. The van der Waals surface area contributed by atoms with Gasteiger partial charge in [-0.15, -0.1) is 0 Å². The Morgan fingerprint density at radius 1 is 1.04 bits per heavy atom. The first-order chi connectivity index (χ1) is 21.3. The van der Waals surface area contributed by atoms with E-state index < -0.39 is 29.9 Å². The SMILES string of the molecule is CCCC1C(N(C)C)[C@@]2(C)C(=CC[C@H]3[C@@H]4CC[C@H]([C@H](C)CCCC(C)C)[C@@]4(C)CC[C@@H]32)CC1(OC(=O)CC(=O)C(=O)O)[N+](C)(C)C.[I-]. The summed E-state index contributed by atoms with van der Waals surface area (Å²) in [7, 11) is 10.6. The number of ether oxygens (including phenoxy) is 1. The molecule has 3 fully saturated rings. The van der Waals surface area contributed by atoms with Crippen molar-refractivity contribution in [2.45, 2.75) is 130 Å². The van der Waals surface area contributed by atoms with E-state index in [9.17, 15) is 19.5 Å². The maximum absolute atomic E-state index is 13.4. The molecule has 0 heterocycles. The molecule has 8 heteroatoms. The van der Waals surface area contributed by atoms with Crippen LogP contribution in [0.3, 0.4) is 0 Å². The lowest BCUT2D eigenvalue weighted by Gasteiger charge is -2.66. The molecule has 0 bridgehead atoms. The lowest BCUT2D eigenvalue weighted by molar-refractivity contribution is -0.955. The van der Waals surface area contributed by atoms with Crippen molar-refractivity contribution in [3.63, 3.8) is 0 Å². The molecule has 0 amide bonds. The third-order valence-electron chi connectivity index (χ3n) is 13.9. The number of rotatable bonds is 13. The van der Waals surface area contributed by atoms with Gasteiger partial charge in [0.15, 0.2) is 0 Å². The molecule has 270 valence electrons. The second kappa shape index (κ2) is 15.1. The topological polar surface area (TPSA) is 83.9 Å². The fraction of sp³-hybridized carbons (Fsp3) is 0.872. The number of halogens is 1. The number of Topliss-reactive ketones (excluding diaryl/α,β-unsaturated/α-hetero) is 1. The van der Waals surface area contributed by atoms with Gasteiger partial charge in [-0.25, -0.2) is 4.79 Å². The summed E-state index contributed by atoms with van der Waals surface area (Å²) >= 11 is 0. The monoisotopic (exact) mass is 770 g/mol. The summed E-state index contributed by atoms with van der Waals surface area (Å²) in [5.74, 6) is 0.929. The van der Waals surface area contributed by atoms with Crippen molar-refractivity contribution in [2.75, 3.05) is 35.2 Å². The summed E-state index contributed by atoms with van der Waals surface area (Å²) in [5, 5.41) is 9.22. The van der Waals surface area contributed by atoms with E-state index in [0.29, 0.717) is 28.2 Å². The molecule has 3 saturated carbocycles. The fourth-order valence-corrected chi connectivity index (χ4v) is 11.9. The van der Waals surface area contributed by atoms with Crippen LogP contribution in [0.15, 0.2) is 11.6 Å². The van der Waals surface area contributed by atoms with Crippen LogP contribution in [-0.4, -0.2) is 79.2 Å². The zero-order valence-electron chi connectivity index (χ0n) is 31.5. The summed E-state index contributed by atoms with van der Waals surface area (Å²) < 4.78 is 6.89. The van der Waals surface area contributed by atoms with Gasteiger partial charge in [0.25, 0.3) is 11.5 Å². The lowest BCUT2D eigenvalue weighted by atomic mass is 9.43. The summed E-state index contributed by atoms with van der Waals surface area (Å²) in [6.07, 6.45) is 14.6. The smallest absolute Gasteiger partial charge is 0.372 e. The zero-order valence-corrected chi connectivity index (χ0v) is 33.7. The predicted octanol–water partition coefficient (Wildman–Crippen LogP) is 4.59. The van der Waals surface area contributed by atoms with Gasteiger partial charge in [-0.1, -0.05) is 78.9 Å². The van der Waals surface area contributed by atoms with Crippen LogP contribution in [0.2, 0.25) is 0 Å². The third kappa shape index (κ3) is 7.27. The normalized spacial score (nSPS) is 37.3. The van der Waals surface area contributed by atoms with Crippen LogP contribution < -0.4 is 24.0 Å². The molecule has 4 aliphatic carbocycles. The number of carbonyl (C=O) groups is 3. The van der Waals surface area contributed by atoms with E-state index in [1.54, 1.807) is 0 Å². The van der Waals surface area contributed by atoms with Crippen LogP contribution in [0.5, 0.6) is 0 Å². The van der Waals surface area contributed by atoms with E-state index in [4.69, 9.17) is 4.74 Å². The van der Waals surface area contributed by atoms with Gasteiger partial charge >= 0.3 is 11.9 Å². The van der Waals surface area contributed by atoms with Gasteiger partial charge in [0.2, 0.25) is 0 Å². The van der Waals surface area contributed by atoms with Crippen LogP contribution >= 0.6 is 0 Å². The standard InChI is InChI=1S/C39H66N2O5.HI/c1-12-14-32-35(40(7)8)38(6)27(24-39(32,41(9,10)11)46-34(43)23-33(42)36(44)45)17-18-28-30-20-19-29(26(4)16-13-15-25(2)3)37(30,5)22-21-31(28)38;/h17,25-26,28-32,35H,12-16,18-24H2,1-11H3;1H/t26-,28+,29-,30+,31+,32?,35?,37-,38+,39?;/m1./s1. The Kier molecular flexibility index (Phi) is 13.0. The number of carboxylic acid groups (broad SMARTS) is 1. The molecule has 0 aromatic carbocycles. The van der Waals surface area contributed by atoms with Gasteiger partial charge in [0.05, 0.1) is 33.5 Å². The van der Waals surface area contributed by atoms with E-state index >= 15 is 0 Å². The van der Waals surface area contributed by atoms with Crippen molar-refractivity contribution >= 4 is 17.7 Å². The molecule has 0 aromatic rings. The molecule has 10 atom stereocenters. The number of carbonyl (C=O) groups excluding carboxylic acids is 2. The average molecular weight is 771 g/mol. The molecule has 0 radical (unpaired) electrons. The van der Waals surface area contributed by atoms with Gasteiger partial charge in [-0.2, -0.15) is 0 Å². The van der Waals surface area contributed by atoms with Crippen LogP contribution in [0.1, 0.15) is 119 Å². The third-order valence-corrected chi connectivity index (χ3v) is 13.9. The number of quaternary nitrogens is 1. The summed E-state index contributed by atoms with van der Waals surface area (Å²) in [4.78, 5) is 39.2. The molecule has 3 unspecified atom stereocenters. The highest BCUT2D eigenvalue weighted by Crippen LogP contribution is 2.69. The van der Waals surface area contributed by atoms with Crippen LogP contribution in [0, 0.1) is 52.3 Å². The number of ketones is 1. The van der Waals surface area contributed by atoms with Gasteiger partial charge in [-0.05, 0) is 93.5 Å². The van der Waals surface area contributed by atoms with Crippen molar-refractivity contribution < 1.29 is 52.7 Å². The number of esters is 1. The number of hydrogen-bond donors (Lipinski definition) is 1. The van der Waals surface area contributed by atoms with Gasteiger partial charge in [0, 0.05) is 11.5 Å². The highest BCUT2D eigenvalue weighted by atomic mass is 127. The minimum absolute atomic E-state index is 0. The fourth-order valence-electron chi connectivity index (χ4n) is 11.9. The first kappa shape index (κ1) is 40.4. The number of nitrogens with zero attached hydrogens (tertiary/aromatic N) is 2. The molecule has 47 heavy (non-hydrogen) atoms. The number of allylic oxidation sites excluding steroid dienone is 1. The predicted molar refractivity (Wildman–Crippen MR) is 184 cm³/mol. The number of hydrogen-bond acceptors (Lipinski definition) is 5. The summed E-state index contributed by atoms with van der Waals surface area (Å²) in [6.45, 7) is 14.6. The van der Waals surface area contributed by atoms with Crippen LogP contribution in [-0.2, 0) is 19.1 Å². The minimum Gasteiger partial charge on any atom is -1.00 e. The van der Waals surface area contributed by atoms with Crippen molar-refractivity contribution in [2.24, 2.45) is 52.3 Å². The highest BCUT2D eigenvalue weighted by molar-refractivity contribution is 6.35. The van der Waals surface area contributed by atoms with Gasteiger partial charge in [-0.3, -0.25) is 14.1 Å². The summed E-state index contributed by atoms with van der Waals surface area (Å²) in [6, 6.07) is 0.136. The Labute approximate surface area is 303 Å². The molecule has 0 aromatic heterocycles. The van der Waals surface area contributed by atoms with Crippen molar-refractivity contribution in [3.05, 3.63) is 11.6 Å². The van der Waals surface area contributed by atoms with E-state index in [-0.39, 0.29) is 41.4 Å². The molecule has 0 saturated heterocycles. The van der Waals surface area contributed by atoms with Crippen LogP contribution in [0.4, 0.5) is 0 Å². The molecule has 0 aliphatic heterocycles. The Bertz CT molecular complexity index is 1180. The zero-order chi connectivity index (χ0) is 34.4. The summed E-state index contributed by atoms with van der Waals surface area (Å²) in [5.41, 5.74) is 0.830. The van der Waals surface area contributed by atoms with Crippen LogP contribution in [0.25, 0.3) is 0 Å². The van der Waals surface area contributed by atoms with Crippen molar-refractivity contribution in [1.29, 1.82) is 0 Å². The molecule has 4 rings (SSSR count). The number of carboxylic acids is 1. The van der Waals surface area contributed by atoms with E-state index in [1.165, 1.54) is 50.5 Å². The highest BCUT2D eigenvalue weighted by Gasteiger charge is 2.69. The largest absolute Gasteiger partial charge is 1.00 e. The Morgan fingerprint density at radius 2 is 1.70 bits per heavy atom. The second-order valence-corrected chi connectivity index (χ2v) is 17.9. The molecule has 4 aliphatic rings. The first-order valence-corrected chi connectivity index (χ1v) is 18.5. The van der Waals surface area contributed by atoms with E-state index in [1.807, 2.05) is 0 Å². The molecule has 1 N–H and O–H groups in total. The maximum Gasteiger partial charge on any atom is 0.372 e. The second-order valence-electron chi connectivity index (χ2n) is 17.9. The molecular weight excluding hydrogens is 703 g/mol. The van der Waals surface area contributed by atoms with Gasteiger partial charge < -0.3 is 38.7 Å². The molecule has 0 spiro atoms. The van der Waals surface area contributed by atoms with Crippen molar-refractivity contribution in [3.8, 4) is 0 Å². The lowest BCUT2D eigenvalue weighted by Crippen LogP contribution is -3.00. The average Bonchev–Trinajstić information content (AvgIpc) is 3.29. The maximum atomic E-state index is 13.4. The van der Waals surface area contributed by atoms with E-state index in [0.717, 1.165) is 42.9 Å². The Balaban J connectivity index is 0.00000600. The number of aliphatic carboxylic acids is 1. The first-order valence-electron chi connectivity index (χ1n) is 18.5. The molecule has 7 nitrogen and oxygen atoms in total. The van der Waals surface area contributed by atoms with E-state index in [2.05, 4.69) is 87.8 Å². The molecular formula is C39H67IN2O5. The number of fused-ring (bicyclic) bond motifs is 5. The quantitative estimate of drug-likeness (QED) is 0.0562. The van der Waals surface area contributed by atoms with Gasteiger partial charge in [0.1, 0.15) is 6.42 Å². The minimum atomic E-state index is -1.59. The Morgan fingerprint density at radius 3 is 2.26 bits per heavy atom.